The molecule has 0 aliphatic rings. The molecule has 0 saturated carbocycles. The van der Waals surface area contributed by atoms with Gasteiger partial charge in [0, 0.05) is 15.8 Å². The first kappa shape index (κ1) is 22.8. The molecule has 162 valence electrons. The number of amides is 1. The SMILES string of the molecule is O=C(CSc1nnc(SCc2cccc3ccccc23)s1)N/N=C\c1cc(Br)ccc1O. The Hall–Kier alpha value is -2.40. The zero-order chi connectivity index (χ0) is 22.3. The Morgan fingerprint density at radius 2 is 1.88 bits per heavy atom. The van der Waals surface area contributed by atoms with E-state index in [0.29, 0.717) is 5.56 Å². The van der Waals surface area contributed by atoms with Crippen LogP contribution in [-0.2, 0) is 10.5 Å². The van der Waals surface area contributed by atoms with Gasteiger partial charge in [-0.25, -0.2) is 5.43 Å². The van der Waals surface area contributed by atoms with Crippen LogP contribution in [0.3, 0.4) is 0 Å². The smallest absolute Gasteiger partial charge is 0.250 e. The number of phenolic OH excluding ortho intramolecular Hbond substituents is 1. The van der Waals surface area contributed by atoms with Gasteiger partial charge in [-0.15, -0.1) is 10.2 Å². The second-order valence-electron chi connectivity index (χ2n) is 6.55. The molecule has 1 aromatic heterocycles. The molecular formula is C22H17BrN4O2S3. The number of fused-ring (bicyclic) bond motifs is 1. The maximum Gasteiger partial charge on any atom is 0.250 e. The van der Waals surface area contributed by atoms with E-state index < -0.39 is 0 Å². The number of hydrazone groups is 1. The Morgan fingerprint density at radius 3 is 2.75 bits per heavy atom. The van der Waals surface area contributed by atoms with Gasteiger partial charge in [0.2, 0.25) is 0 Å². The van der Waals surface area contributed by atoms with E-state index in [1.165, 1.54) is 45.6 Å². The van der Waals surface area contributed by atoms with Crippen molar-refractivity contribution in [3.05, 3.63) is 76.3 Å². The topological polar surface area (TPSA) is 87.5 Å². The van der Waals surface area contributed by atoms with Crippen LogP contribution in [0.4, 0.5) is 0 Å². The number of phenols is 1. The van der Waals surface area contributed by atoms with E-state index in [1.54, 1.807) is 30.0 Å². The fourth-order valence-electron chi connectivity index (χ4n) is 2.83. The molecule has 0 radical (unpaired) electrons. The van der Waals surface area contributed by atoms with Gasteiger partial charge in [-0.1, -0.05) is 93.3 Å². The summed E-state index contributed by atoms with van der Waals surface area (Å²) in [5, 5.41) is 24.5. The average Bonchev–Trinajstić information content (AvgIpc) is 3.26. The van der Waals surface area contributed by atoms with Crippen LogP contribution in [-0.4, -0.2) is 33.2 Å². The molecule has 0 atom stereocenters. The highest BCUT2D eigenvalue weighted by Gasteiger charge is 2.10. The number of aromatic nitrogens is 2. The van der Waals surface area contributed by atoms with E-state index >= 15 is 0 Å². The van der Waals surface area contributed by atoms with Gasteiger partial charge in [-0.2, -0.15) is 5.10 Å². The van der Waals surface area contributed by atoms with Crippen LogP contribution in [0.15, 0.2) is 78.9 Å². The number of rotatable bonds is 8. The standard InChI is InChI=1S/C22H17BrN4O2S3/c23-17-8-9-19(28)16(10-17)11-24-25-20(29)13-31-22-27-26-21(32-22)30-12-15-6-3-5-14-4-1-2-7-18(14)15/h1-11,28H,12-13H2,(H,25,29)/b24-11-. The summed E-state index contributed by atoms with van der Waals surface area (Å²) in [6.45, 7) is 0. The minimum atomic E-state index is -0.263. The quantitative estimate of drug-likeness (QED) is 0.168. The summed E-state index contributed by atoms with van der Waals surface area (Å²) in [5.74, 6) is 0.798. The number of hydrogen-bond donors (Lipinski definition) is 2. The van der Waals surface area contributed by atoms with E-state index in [1.807, 2.05) is 12.1 Å². The molecule has 32 heavy (non-hydrogen) atoms. The molecule has 1 amide bonds. The van der Waals surface area contributed by atoms with Crippen LogP contribution in [0, 0.1) is 0 Å². The first-order chi connectivity index (χ1) is 15.6. The summed E-state index contributed by atoms with van der Waals surface area (Å²) < 4.78 is 2.40. The highest BCUT2D eigenvalue weighted by atomic mass is 79.9. The van der Waals surface area contributed by atoms with Crippen LogP contribution in [0.1, 0.15) is 11.1 Å². The monoisotopic (exact) mass is 544 g/mol. The number of carbonyl (C=O) groups is 1. The molecule has 2 N–H and O–H groups in total. The number of nitrogens with one attached hydrogen (secondary N) is 1. The van der Waals surface area contributed by atoms with Gasteiger partial charge in [0.05, 0.1) is 12.0 Å². The fourth-order valence-corrected chi connectivity index (χ4v) is 6.03. The molecular weight excluding hydrogens is 528 g/mol. The average molecular weight is 546 g/mol. The van der Waals surface area contributed by atoms with E-state index in [2.05, 4.69) is 67.0 Å². The molecule has 0 fully saturated rings. The summed E-state index contributed by atoms with van der Waals surface area (Å²) in [6, 6.07) is 19.6. The molecule has 0 bridgehead atoms. The van der Waals surface area contributed by atoms with E-state index in [9.17, 15) is 9.90 Å². The summed E-state index contributed by atoms with van der Waals surface area (Å²) >= 11 is 7.75. The Balaban J connectivity index is 1.26. The van der Waals surface area contributed by atoms with E-state index in [-0.39, 0.29) is 17.4 Å². The lowest BCUT2D eigenvalue weighted by Gasteiger charge is -2.04. The number of carbonyl (C=O) groups excluding carboxylic acids is 1. The normalized spacial score (nSPS) is 11.3. The minimum absolute atomic E-state index is 0.0861. The number of nitrogens with zero attached hydrogens (tertiary/aromatic N) is 3. The summed E-state index contributed by atoms with van der Waals surface area (Å²) in [4.78, 5) is 12.0. The maximum absolute atomic E-state index is 12.0. The number of halogens is 1. The lowest BCUT2D eigenvalue weighted by molar-refractivity contribution is -0.118. The number of aromatic hydroxyl groups is 1. The third kappa shape index (κ3) is 6.10. The zero-order valence-electron chi connectivity index (χ0n) is 16.6. The number of benzene rings is 3. The number of hydrogen-bond acceptors (Lipinski definition) is 8. The largest absolute Gasteiger partial charge is 0.507 e. The first-order valence-corrected chi connectivity index (χ1v) is 13.0. The molecule has 0 spiro atoms. The van der Waals surface area contributed by atoms with E-state index in [0.717, 1.165) is 18.9 Å². The van der Waals surface area contributed by atoms with Crippen molar-refractivity contribution in [3.8, 4) is 5.75 Å². The summed E-state index contributed by atoms with van der Waals surface area (Å²) in [6.07, 6.45) is 1.40. The molecule has 0 aliphatic carbocycles. The molecule has 1 heterocycles. The van der Waals surface area contributed by atoms with Gasteiger partial charge in [-0.05, 0) is 34.5 Å². The van der Waals surface area contributed by atoms with Gasteiger partial charge in [0.25, 0.3) is 5.91 Å². The number of thioether (sulfide) groups is 2. The molecule has 4 aromatic rings. The van der Waals surface area contributed by atoms with Crippen molar-refractivity contribution in [2.24, 2.45) is 5.10 Å². The molecule has 0 saturated heterocycles. The molecule has 3 aromatic carbocycles. The highest BCUT2D eigenvalue weighted by Crippen LogP contribution is 2.32. The second kappa shape index (κ2) is 11.0. The van der Waals surface area contributed by atoms with Gasteiger partial charge in [0.1, 0.15) is 5.75 Å². The lowest BCUT2D eigenvalue weighted by Crippen LogP contribution is -2.19. The molecule has 6 nitrogen and oxygen atoms in total. The third-order valence-corrected chi connectivity index (χ3v) is 8.06. The molecule has 10 heteroatoms. The van der Waals surface area contributed by atoms with Crippen molar-refractivity contribution in [1.82, 2.24) is 15.6 Å². The van der Waals surface area contributed by atoms with Crippen molar-refractivity contribution in [2.45, 2.75) is 14.4 Å². The molecule has 0 aliphatic heterocycles. The van der Waals surface area contributed by atoms with Crippen LogP contribution in [0.5, 0.6) is 5.75 Å². The Kier molecular flexibility index (Phi) is 7.80. The van der Waals surface area contributed by atoms with Crippen LogP contribution < -0.4 is 5.43 Å². The summed E-state index contributed by atoms with van der Waals surface area (Å²) in [7, 11) is 0. The first-order valence-electron chi connectivity index (χ1n) is 9.44. The predicted octanol–water partition coefficient (Wildman–Crippen LogP) is 5.69. The Bertz CT molecular complexity index is 1270. The van der Waals surface area contributed by atoms with Crippen LogP contribution >= 0.6 is 50.8 Å². The van der Waals surface area contributed by atoms with Crippen molar-refractivity contribution < 1.29 is 9.90 Å². The van der Waals surface area contributed by atoms with Gasteiger partial charge < -0.3 is 5.11 Å². The minimum Gasteiger partial charge on any atom is -0.507 e. The molecule has 4 rings (SSSR count). The van der Waals surface area contributed by atoms with Gasteiger partial charge >= 0.3 is 0 Å². The van der Waals surface area contributed by atoms with Gasteiger partial charge in [-0.3, -0.25) is 4.79 Å². The second-order valence-corrected chi connectivity index (χ2v) is 10.9. The van der Waals surface area contributed by atoms with Crippen LogP contribution in [0.2, 0.25) is 0 Å². The van der Waals surface area contributed by atoms with Crippen molar-refractivity contribution in [3.63, 3.8) is 0 Å². The Labute approximate surface area is 205 Å². The van der Waals surface area contributed by atoms with E-state index in [4.69, 9.17) is 0 Å². The van der Waals surface area contributed by atoms with Crippen molar-refractivity contribution in [1.29, 1.82) is 0 Å². The zero-order valence-corrected chi connectivity index (χ0v) is 20.6. The van der Waals surface area contributed by atoms with Crippen molar-refractivity contribution in [2.75, 3.05) is 5.75 Å². The summed E-state index contributed by atoms with van der Waals surface area (Å²) in [5.41, 5.74) is 4.21. The Morgan fingerprint density at radius 1 is 1.09 bits per heavy atom. The van der Waals surface area contributed by atoms with Crippen molar-refractivity contribution >= 4 is 73.7 Å². The predicted molar refractivity (Wildman–Crippen MR) is 136 cm³/mol. The highest BCUT2D eigenvalue weighted by molar-refractivity contribution is 9.10. The third-order valence-electron chi connectivity index (χ3n) is 4.33. The molecule has 0 unspecified atom stereocenters. The van der Waals surface area contributed by atoms with Gasteiger partial charge in [0.15, 0.2) is 8.68 Å². The fraction of sp³-hybridized carbons (Fsp3) is 0.0909. The lowest BCUT2D eigenvalue weighted by atomic mass is 10.1. The van der Waals surface area contributed by atoms with Crippen LogP contribution in [0.25, 0.3) is 10.8 Å². The maximum atomic E-state index is 12.0.